The van der Waals surface area contributed by atoms with Gasteiger partial charge in [-0.1, -0.05) is 170 Å². The Balaban J connectivity index is 1.24. The summed E-state index contributed by atoms with van der Waals surface area (Å²) in [6.07, 6.45) is 0. The van der Waals surface area contributed by atoms with Gasteiger partial charge in [-0.25, -0.2) is 9.97 Å². The van der Waals surface area contributed by atoms with E-state index in [0.717, 1.165) is 34.0 Å². The van der Waals surface area contributed by atoms with Crippen molar-refractivity contribution in [2.75, 3.05) is 0 Å². The second-order valence-electron chi connectivity index (χ2n) is 14.8. The zero-order valence-electron chi connectivity index (χ0n) is 30.8. The van der Waals surface area contributed by atoms with Crippen molar-refractivity contribution in [1.29, 1.82) is 0 Å². The Morgan fingerprint density at radius 3 is 1.75 bits per heavy atom. The van der Waals surface area contributed by atoms with Crippen LogP contribution in [-0.4, -0.2) is 22.6 Å². The molecule has 1 aliphatic heterocycles. The molecule has 266 valence electrons. The maximum absolute atomic E-state index is 5.74. The highest BCUT2D eigenvalue weighted by Crippen LogP contribution is 2.43. The first-order valence-corrected chi connectivity index (χ1v) is 22.2. The molecule has 0 radical (unpaired) electrons. The average molecular weight is 760 g/mol. The molecule has 5 heteroatoms. The molecule has 4 heterocycles. The molecule has 0 aliphatic carbocycles. The lowest BCUT2D eigenvalue weighted by molar-refractivity contribution is 1.16. The number of aromatic nitrogens is 3. The number of para-hydroxylation sites is 2. The van der Waals surface area contributed by atoms with Crippen LogP contribution in [0, 0.1) is 0 Å². The molecule has 3 nitrogen and oxygen atoms in total. The van der Waals surface area contributed by atoms with Gasteiger partial charge in [0, 0.05) is 52.8 Å². The molecule has 0 saturated carbocycles. The van der Waals surface area contributed by atoms with Gasteiger partial charge in [-0.2, -0.15) is 0 Å². The zero-order chi connectivity index (χ0) is 37.5. The SMILES string of the molecule is c1ccc(-c2nc(-c3ccccc3-n3c4ccccc4c4cc5sc6ccccc6c5cc43)c3c(n2)-c2ccccc2[Si]3(c2ccccc2)c2ccccc2)cc1. The first-order valence-electron chi connectivity index (χ1n) is 19.4. The normalized spacial score (nSPS) is 13.1. The fourth-order valence-electron chi connectivity index (χ4n) is 9.53. The molecule has 0 N–H and O–H groups in total. The van der Waals surface area contributed by atoms with E-state index in [9.17, 15) is 0 Å². The van der Waals surface area contributed by atoms with Crippen molar-refractivity contribution in [1.82, 2.24) is 14.5 Å². The lowest BCUT2D eigenvalue weighted by Crippen LogP contribution is -2.73. The molecule has 0 unspecified atom stereocenters. The van der Waals surface area contributed by atoms with Crippen LogP contribution in [-0.2, 0) is 0 Å². The third-order valence-corrected chi connectivity index (χ3v) is 17.9. The summed E-state index contributed by atoms with van der Waals surface area (Å²) in [6, 6.07) is 73.1. The molecular formula is C52H33N3SSi. The van der Waals surface area contributed by atoms with E-state index in [1.807, 2.05) is 11.3 Å². The lowest BCUT2D eigenvalue weighted by Gasteiger charge is -2.32. The van der Waals surface area contributed by atoms with Gasteiger partial charge in [0.1, 0.15) is 0 Å². The average Bonchev–Trinajstić information content (AvgIpc) is 3.92. The predicted octanol–water partition coefficient (Wildman–Crippen LogP) is 10.6. The fourth-order valence-corrected chi connectivity index (χ4v) is 15.9. The minimum atomic E-state index is -2.98. The summed E-state index contributed by atoms with van der Waals surface area (Å²) in [4.78, 5) is 11.3. The Morgan fingerprint density at radius 2 is 1.00 bits per heavy atom. The van der Waals surface area contributed by atoms with E-state index in [-0.39, 0.29) is 0 Å². The maximum atomic E-state index is 5.74. The quantitative estimate of drug-likeness (QED) is 0.164. The summed E-state index contributed by atoms with van der Waals surface area (Å²) in [7, 11) is -2.98. The van der Waals surface area contributed by atoms with Crippen LogP contribution in [0.25, 0.3) is 81.6 Å². The van der Waals surface area contributed by atoms with Crippen molar-refractivity contribution in [2.24, 2.45) is 0 Å². The van der Waals surface area contributed by atoms with Gasteiger partial charge in [0.2, 0.25) is 0 Å². The highest BCUT2D eigenvalue weighted by Gasteiger charge is 2.51. The Hall–Kier alpha value is -6.92. The molecule has 1 aliphatic rings. The number of benzene rings is 8. The topological polar surface area (TPSA) is 30.7 Å². The van der Waals surface area contributed by atoms with E-state index in [1.54, 1.807) is 0 Å². The second-order valence-corrected chi connectivity index (χ2v) is 19.6. The van der Waals surface area contributed by atoms with Crippen LogP contribution in [0.5, 0.6) is 0 Å². The Labute approximate surface area is 334 Å². The summed E-state index contributed by atoms with van der Waals surface area (Å²) < 4.78 is 5.10. The number of hydrogen-bond acceptors (Lipinski definition) is 3. The van der Waals surface area contributed by atoms with Crippen molar-refractivity contribution < 1.29 is 0 Å². The van der Waals surface area contributed by atoms with Crippen LogP contribution in [0.3, 0.4) is 0 Å². The monoisotopic (exact) mass is 759 g/mol. The highest BCUT2D eigenvalue weighted by molar-refractivity contribution is 7.26. The van der Waals surface area contributed by atoms with E-state index in [2.05, 4.69) is 205 Å². The number of nitrogens with zero attached hydrogens (tertiary/aromatic N) is 3. The highest BCUT2D eigenvalue weighted by atomic mass is 32.1. The van der Waals surface area contributed by atoms with Gasteiger partial charge >= 0.3 is 0 Å². The molecule has 3 aromatic heterocycles. The van der Waals surface area contributed by atoms with Crippen molar-refractivity contribution in [3.63, 3.8) is 0 Å². The number of hydrogen-bond donors (Lipinski definition) is 0. The summed E-state index contributed by atoms with van der Waals surface area (Å²) >= 11 is 1.87. The van der Waals surface area contributed by atoms with Gasteiger partial charge in [-0.3, -0.25) is 0 Å². The summed E-state index contributed by atoms with van der Waals surface area (Å²) in [5, 5.41) is 10.3. The molecule has 8 aromatic carbocycles. The van der Waals surface area contributed by atoms with Gasteiger partial charge in [0.05, 0.1) is 28.1 Å². The lowest BCUT2D eigenvalue weighted by atomic mass is 10.0. The largest absolute Gasteiger partial charge is 0.309 e. The minimum absolute atomic E-state index is 0.730. The predicted molar refractivity (Wildman–Crippen MR) is 243 cm³/mol. The Bertz CT molecular complexity index is 3310. The number of thiophene rings is 1. The first-order chi connectivity index (χ1) is 28.3. The van der Waals surface area contributed by atoms with E-state index >= 15 is 0 Å². The molecule has 0 bridgehead atoms. The smallest absolute Gasteiger partial charge is 0.185 e. The van der Waals surface area contributed by atoms with Gasteiger partial charge in [-0.15, -0.1) is 11.3 Å². The van der Waals surface area contributed by atoms with Crippen molar-refractivity contribution in [2.45, 2.75) is 0 Å². The van der Waals surface area contributed by atoms with Crippen LogP contribution in [0.4, 0.5) is 0 Å². The van der Waals surface area contributed by atoms with Crippen molar-refractivity contribution in [3.05, 3.63) is 200 Å². The molecule has 0 spiro atoms. The van der Waals surface area contributed by atoms with Crippen molar-refractivity contribution in [3.8, 4) is 39.6 Å². The van der Waals surface area contributed by atoms with Gasteiger partial charge in [-0.05, 0) is 45.9 Å². The van der Waals surface area contributed by atoms with Gasteiger partial charge in [0.15, 0.2) is 13.9 Å². The third-order valence-electron chi connectivity index (χ3n) is 11.9. The third kappa shape index (κ3) is 4.64. The Kier molecular flexibility index (Phi) is 7.12. The van der Waals surface area contributed by atoms with Crippen LogP contribution < -0.4 is 20.7 Å². The Morgan fingerprint density at radius 1 is 0.421 bits per heavy atom. The molecule has 12 rings (SSSR count). The fraction of sp³-hybridized carbons (Fsp3) is 0. The van der Waals surface area contributed by atoms with Crippen LogP contribution in [0.2, 0.25) is 0 Å². The number of rotatable bonds is 5. The zero-order valence-corrected chi connectivity index (χ0v) is 32.6. The molecule has 0 amide bonds. The summed E-state index contributed by atoms with van der Waals surface area (Å²) in [5.41, 5.74) is 8.74. The van der Waals surface area contributed by atoms with Crippen LogP contribution >= 0.6 is 11.3 Å². The van der Waals surface area contributed by atoms with Crippen molar-refractivity contribution >= 4 is 82.1 Å². The molecular weight excluding hydrogens is 727 g/mol. The molecule has 57 heavy (non-hydrogen) atoms. The molecule has 0 atom stereocenters. The van der Waals surface area contributed by atoms with Crippen LogP contribution in [0.15, 0.2) is 200 Å². The standard InChI is InChI=1S/C52H33N3SSi/c1-4-18-34(19-5-1)52-53-49(51-50(54-52)40-27-13-17-31-48(40)57(51,35-20-6-2-7-21-35)36-22-8-3-9-23-36)39-26-11-15-29-44(39)55-43-28-14-10-24-37(43)41-33-47-42(32-45(41)55)38-25-12-16-30-46(38)56-47/h1-33H. The van der Waals surface area contributed by atoms with E-state index < -0.39 is 8.07 Å². The van der Waals surface area contributed by atoms with E-state index in [0.29, 0.717) is 0 Å². The molecule has 11 aromatic rings. The molecule has 0 fully saturated rings. The van der Waals surface area contributed by atoms with Gasteiger partial charge in [0.25, 0.3) is 0 Å². The number of fused-ring (bicyclic) bond motifs is 9. The first kappa shape index (κ1) is 32.3. The van der Waals surface area contributed by atoms with E-state index in [4.69, 9.17) is 9.97 Å². The van der Waals surface area contributed by atoms with E-state index in [1.165, 1.54) is 68.3 Å². The maximum Gasteiger partial charge on any atom is 0.185 e. The summed E-state index contributed by atoms with van der Waals surface area (Å²) in [6.45, 7) is 0. The molecule has 0 saturated heterocycles. The van der Waals surface area contributed by atoms with Gasteiger partial charge < -0.3 is 4.57 Å². The second kappa shape index (κ2) is 12.5. The summed E-state index contributed by atoms with van der Waals surface area (Å²) in [5.74, 6) is 0.730. The van der Waals surface area contributed by atoms with Crippen LogP contribution in [0.1, 0.15) is 0 Å². The minimum Gasteiger partial charge on any atom is -0.309 e.